The van der Waals surface area contributed by atoms with Crippen molar-refractivity contribution in [1.82, 2.24) is 15.3 Å². The van der Waals surface area contributed by atoms with Crippen molar-refractivity contribution in [2.45, 2.75) is 6.54 Å². The van der Waals surface area contributed by atoms with Crippen LogP contribution in [0.15, 0.2) is 23.7 Å². The summed E-state index contributed by atoms with van der Waals surface area (Å²) in [5, 5.41) is 5.38. The molecule has 26 heavy (non-hydrogen) atoms. The summed E-state index contributed by atoms with van der Waals surface area (Å²) in [6.45, 7) is 0.120. The maximum absolute atomic E-state index is 14.2. The molecule has 0 atom stereocenters. The number of nitrogens with one attached hydrogen (secondary N) is 2. The lowest BCUT2D eigenvalue weighted by atomic mass is 10.2. The van der Waals surface area contributed by atoms with Crippen LogP contribution in [0, 0.1) is 9.39 Å². The number of hydrogen-bond acceptors (Lipinski definition) is 7. The lowest BCUT2D eigenvalue weighted by Crippen LogP contribution is -2.15. The smallest absolute Gasteiger partial charge is 0.343 e. The molecule has 0 bridgehead atoms. The second-order valence-electron chi connectivity index (χ2n) is 5.05. The van der Waals surface area contributed by atoms with Gasteiger partial charge in [-0.1, -0.05) is 0 Å². The Morgan fingerprint density at radius 1 is 1.46 bits per heavy atom. The summed E-state index contributed by atoms with van der Waals surface area (Å²) >= 11 is 3.24. The number of anilines is 2. The monoisotopic (exact) mass is 486 g/mol. The van der Waals surface area contributed by atoms with Crippen molar-refractivity contribution in [1.29, 1.82) is 0 Å². The van der Waals surface area contributed by atoms with Crippen LogP contribution in [0.2, 0.25) is 0 Å². The Balaban J connectivity index is 2.17. The number of pyridine rings is 1. The first-order valence-corrected chi connectivity index (χ1v) is 9.24. The molecule has 0 aliphatic carbocycles. The largest absolute Gasteiger partial charge is 0.465 e. The first kappa shape index (κ1) is 18.5. The predicted octanol–water partition coefficient (Wildman–Crippen LogP) is 3.21. The van der Waals surface area contributed by atoms with E-state index in [4.69, 9.17) is 4.74 Å². The van der Waals surface area contributed by atoms with Crippen LogP contribution in [-0.2, 0) is 16.1 Å². The van der Waals surface area contributed by atoms with Crippen molar-refractivity contribution in [2.24, 2.45) is 0 Å². The average Bonchev–Trinajstić information content (AvgIpc) is 3.11. The lowest BCUT2D eigenvalue weighted by Gasteiger charge is -2.13. The number of methoxy groups -OCH3 is 1. The van der Waals surface area contributed by atoms with Crippen molar-refractivity contribution in [2.75, 3.05) is 12.4 Å². The zero-order chi connectivity index (χ0) is 18.7. The third-order valence-corrected chi connectivity index (χ3v) is 4.99. The molecule has 2 heterocycles. The van der Waals surface area contributed by atoms with Gasteiger partial charge in [-0.05, 0) is 40.8 Å². The van der Waals surface area contributed by atoms with Gasteiger partial charge in [-0.3, -0.25) is 4.79 Å². The highest BCUT2D eigenvalue weighted by Gasteiger charge is 2.23. The Kier molecular flexibility index (Phi) is 5.61. The van der Waals surface area contributed by atoms with E-state index in [9.17, 15) is 14.0 Å². The fourth-order valence-electron chi connectivity index (χ4n) is 2.34. The van der Waals surface area contributed by atoms with E-state index in [0.717, 1.165) is 3.57 Å². The summed E-state index contributed by atoms with van der Waals surface area (Å²) in [4.78, 5) is 31.5. The van der Waals surface area contributed by atoms with Crippen molar-refractivity contribution >= 4 is 68.0 Å². The van der Waals surface area contributed by atoms with Gasteiger partial charge in [0.25, 0.3) is 0 Å². The van der Waals surface area contributed by atoms with E-state index >= 15 is 0 Å². The van der Waals surface area contributed by atoms with Gasteiger partial charge in [-0.25, -0.2) is 19.2 Å². The number of carbonyl (C=O) groups excluding carboxylic acids is 2. The summed E-state index contributed by atoms with van der Waals surface area (Å²) in [6, 6.07) is 4.64. The number of benzene rings is 1. The SMILES string of the molecule is COC(=O)c1c(Nc2ccc(I)cc2F)nc(CNC=O)c2ncsc12. The van der Waals surface area contributed by atoms with Gasteiger partial charge >= 0.3 is 5.97 Å². The Labute approximate surface area is 165 Å². The Morgan fingerprint density at radius 3 is 2.96 bits per heavy atom. The van der Waals surface area contributed by atoms with E-state index in [1.54, 1.807) is 17.6 Å². The second-order valence-corrected chi connectivity index (χ2v) is 7.15. The Morgan fingerprint density at radius 2 is 2.27 bits per heavy atom. The summed E-state index contributed by atoms with van der Waals surface area (Å²) < 4.78 is 20.4. The van der Waals surface area contributed by atoms with Crippen LogP contribution in [0.3, 0.4) is 0 Å². The van der Waals surface area contributed by atoms with E-state index in [-0.39, 0.29) is 23.6 Å². The van der Waals surface area contributed by atoms with E-state index in [0.29, 0.717) is 22.3 Å². The molecular weight excluding hydrogens is 474 g/mol. The highest BCUT2D eigenvalue weighted by atomic mass is 127. The van der Waals surface area contributed by atoms with Gasteiger partial charge in [0.2, 0.25) is 6.41 Å². The number of ether oxygens (including phenoxy) is 1. The zero-order valence-corrected chi connectivity index (χ0v) is 16.4. The number of carbonyl (C=O) groups is 2. The van der Waals surface area contributed by atoms with Crippen LogP contribution in [-0.4, -0.2) is 29.5 Å². The quantitative estimate of drug-likeness (QED) is 0.316. The molecule has 0 unspecified atom stereocenters. The van der Waals surface area contributed by atoms with Crippen molar-refractivity contribution in [3.63, 3.8) is 0 Å². The highest BCUT2D eigenvalue weighted by Crippen LogP contribution is 2.32. The van der Waals surface area contributed by atoms with Crippen molar-refractivity contribution in [3.05, 3.63) is 44.4 Å². The van der Waals surface area contributed by atoms with Crippen LogP contribution in [0.4, 0.5) is 15.9 Å². The number of thiazole rings is 1. The number of fused-ring (bicyclic) bond motifs is 1. The normalized spacial score (nSPS) is 10.6. The fraction of sp³-hybridized carbons (Fsp3) is 0.125. The minimum absolute atomic E-state index is 0.120. The van der Waals surface area contributed by atoms with Gasteiger partial charge in [0, 0.05) is 3.57 Å². The van der Waals surface area contributed by atoms with E-state index in [1.165, 1.54) is 24.5 Å². The molecule has 0 saturated carbocycles. The van der Waals surface area contributed by atoms with Crippen molar-refractivity contribution < 1.29 is 18.7 Å². The topological polar surface area (TPSA) is 93.2 Å². The minimum atomic E-state index is -0.616. The molecule has 0 spiro atoms. The van der Waals surface area contributed by atoms with E-state index in [2.05, 4.69) is 20.6 Å². The lowest BCUT2D eigenvalue weighted by molar-refractivity contribution is -0.109. The molecule has 0 radical (unpaired) electrons. The first-order chi connectivity index (χ1) is 12.5. The Hall–Kier alpha value is -2.34. The van der Waals surface area contributed by atoms with Crippen LogP contribution in [0.5, 0.6) is 0 Å². The number of esters is 1. The first-order valence-electron chi connectivity index (χ1n) is 7.28. The number of hydrogen-bond donors (Lipinski definition) is 2. The van der Waals surface area contributed by atoms with Crippen LogP contribution in [0.25, 0.3) is 10.2 Å². The Bertz CT molecular complexity index is 995. The zero-order valence-electron chi connectivity index (χ0n) is 13.4. The van der Waals surface area contributed by atoms with Gasteiger partial charge in [0.1, 0.15) is 22.7 Å². The van der Waals surface area contributed by atoms with E-state index < -0.39 is 11.8 Å². The molecule has 0 aliphatic rings. The molecule has 2 aromatic heterocycles. The summed E-state index contributed by atoms with van der Waals surface area (Å²) in [7, 11) is 1.26. The van der Waals surface area contributed by atoms with Gasteiger partial charge in [-0.15, -0.1) is 11.3 Å². The number of rotatable bonds is 6. The molecular formula is C16H12FIN4O3S. The fourth-order valence-corrected chi connectivity index (χ4v) is 3.64. The molecule has 1 aromatic carbocycles. The predicted molar refractivity (Wildman–Crippen MR) is 104 cm³/mol. The molecule has 2 N–H and O–H groups in total. The van der Waals surface area contributed by atoms with Crippen LogP contribution in [0.1, 0.15) is 16.1 Å². The van der Waals surface area contributed by atoms with Gasteiger partial charge in [0.15, 0.2) is 0 Å². The van der Waals surface area contributed by atoms with Crippen molar-refractivity contribution in [3.8, 4) is 0 Å². The standard InChI is InChI=1S/C16H12FIN4O3S/c1-25-16(24)12-14-13(20-7-26-14)11(5-19-6-23)22-15(12)21-10-3-2-8(18)4-9(10)17/h2-4,6-7H,5H2,1H3,(H,19,23)(H,21,22). The molecule has 10 heteroatoms. The third-order valence-electron chi connectivity index (χ3n) is 3.48. The molecule has 0 aliphatic heterocycles. The highest BCUT2D eigenvalue weighted by molar-refractivity contribution is 14.1. The second kappa shape index (κ2) is 7.91. The summed E-state index contributed by atoms with van der Waals surface area (Å²) in [5.74, 6) is -0.960. The molecule has 0 fully saturated rings. The van der Waals surface area contributed by atoms with Crippen LogP contribution < -0.4 is 10.6 Å². The maximum Gasteiger partial charge on any atom is 0.343 e. The van der Waals surface area contributed by atoms with Gasteiger partial charge < -0.3 is 15.4 Å². The van der Waals surface area contributed by atoms with Crippen LogP contribution >= 0.6 is 33.9 Å². The number of amides is 1. The molecule has 3 rings (SSSR count). The average molecular weight is 486 g/mol. The van der Waals surface area contributed by atoms with Gasteiger partial charge in [0.05, 0.1) is 35.2 Å². The number of nitrogens with zero attached hydrogens (tertiary/aromatic N) is 2. The summed E-state index contributed by atoms with van der Waals surface area (Å²) in [5.41, 5.74) is 2.84. The third kappa shape index (κ3) is 3.60. The van der Waals surface area contributed by atoms with E-state index in [1.807, 2.05) is 22.6 Å². The maximum atomic E-state index is 14.2. The van der Waals surface area contributed by atoms with Gasteiger partial charge in [-0.2, -0.15) is 0 Å². The molecule has 0 saturated heterocycles. The number of aromatic nitrogens is 2. The molecule has 3 aromatic rings. The summed E-state index contributed by atoms with van der Waals surface area (Å²) in [6.07, 6.45) is 0.542. The minimum Gasteiger partial charge on any atom is -0.465 e. The molecule has 7 nitrogen and oxygen atoms in total. The number of halogens is 2. The molecule has 134 valence electrons. The molecule has 1 amide bonds.